The summed E-state index contributed by atoms with van der Waals surface area (Å²) in [6.45, 7) is 2.63. The fourth-order valence-corrected chi connectivity index (χ4v) is 8.02. The Labute approximate surface area is 242 Å². The Balaban J connectivity index is 1.37. The molecule has 1 saturated heterocycles. The average molecular weight is 576 g/mol. The van der Waals surface area contributed by atoms with Crippen LogP contribution in [0.4, 0.5) is 5.95 Å². The number of hydrogen-bond donors (Lipinski definition) is 1. The van der Waals surface area contributed by atoms with Crippen LogP contribution in [-0.4, -0.2) is 55.0 Å². The number of halogens is 1. The molecule has 0 amide bonds. The van der Waals surface area contributed by atoms with Crippen LogP contribution >= 0.6 is 11.6 Å². The SMILES string of the molecule is O=c1[nH]c(-c2cc3nc4n(c3c(-c3cncc(Cl)c3)n2)CC2CCC(CC2)COC2CC3CCCCC3N4C2)no1. The number of anilines is 1. The summed E-state index contributed by atoms with van der Waals surface area (Å²) in [5.74, 6) is 2.47. The van der Waals surface area contributed by atoms with Gasteiger partial charge in [-0.15, -0.1) is 0 Å². The number of pyridine rings is 2. The molecule has 3 atom stereocenters. The molecule has 0 radical (unpaired) electrons. The predicted octanol–water partition coefficient (Wildman–Crippen LogP) is 5.46. The van der Waals surface area contributed by atoms with E-state index >= 15 is 0 Å². The van der Waals surface area contributed by atoms with E-state index in [4.69, 9.17) is 30.8 Å². The number of aromatic amines is 1. The van der Waals surface area contributed by atoms with E-state index in [-0.39, 0.29) is 11.9 Å². The smallest absolute Gasteiger partial charge is 0.376 e. The van der Waals surface area contributed by atoms with Crippen molar-refractivity contribution in [3.63, 3.8) is 0 Å². The molecular formula is C30H34ClN7O3. The second-order valence-electron chi connectivity index (χ2n) is 12.4. The highest BCUT2D eigenvalue weighted by molar-refractivity contribution is 6.30. The number of imidazole rings is 1. The lowest BCUT2D eigenvalue weighted by Gasteiger charge is -2.48. The summed E-state index contributed by atoms with van der Waals surface area (Å²) in [6, 6.07) is 4.25. The molecule has 0 aromatic carbocycles. The summed E-state index contributed by atoms with van der Waals surface area (Å²) in [5.41, 5.74) is 3.78. The lowest BCUT2D eigenvalue weighted by atomic mass is 9.77. The van der Waals surface area contributed by atoms with E-state index in [0.717, 1.165) is 54.4 Å². The zero-order valence-electron chi connectivity index (χ0n) is 23.0. The third-order valence-electron chi connectivity index (χ3n) is 9.83. The van der Waals surface area contributed by atoms with Crippen LogP contribution in [0.3, 0.4) is 0 Å². The number of aromatic nitrogens is 6. The second kappa shape index (κ2) is 10.2. The minimum atomic E-state index is -0.622. The molecule has 3 aliphatic heterocycles. The van der Waals surface area contributed by atoms with Crippen molar-refractivity contribution in [2.75, 3.05) is 18.1 Å². The summed E-state index contributed by atoms with van der Waals surface area (Å²) in [5, 5.41) is 4.46. The average Bonchev–Trinajstić information content (AvgIpc) is 3.59. The predicted molar refractivity (Wildman–Crippen MR) is 155 cm³/mol. The van der Waals surface area contributed by atoms with Crippen LogP contribution in [0, 0.1) is 17.8 Å². The van der Waals surface area contributed by atoms with Gasteiger partial charge in [-0.25, -0.2) is 14.8 Å². The summed E-state index contributed by atoms with van der Waals surface area (Å²) in [7, 11) is 0. The van der Waals surface area contributed by atoms with Crippen LogP contribution in [0.5, 0.6) is 0 Å². The molecule has 11 heteroatoms. The Morgan fingerprint density at radius 3 is 2.66 bits per heavy atom. The van der Waals surface area contributed by atoms with E-state index in [9.17, 15) is 4.79 Å². The van der Waals surface area contributed by atoms with E-state index < -0.39 is 5.76 Å². The summed E-state index contributed by atoms with van der Waals surface area (Å²) < 4.78 is 13.9. The molecule has 5 aliphatic rings. The van der Waals surface area contributed by atoms with Gasteiger partial charge < -0.3 is 14.2 Å². The molecule has 214 valence electrons. The molecule has 4 aromatic rings. The highest BCUT2D eigenvalue weighted by Gasteiger charge is 2.41. The largest absolute Gasteiger partial charge is 0.439 e. The standard InChI is InChI=1S/C30H34ClN7O3/c31-21-9-20(12-32-13-21)26-27-23(11-24(33-26)28-35-30(39)41-36-28)34-29-37-15-22(10-19-3-1-2-4-25(19)37)40-16-18-7-5-17(6-8-18)14-38(27)29/h9,11-13,17-19,22,25H,1-8,10,14-16H2,(H,35,36,39). The molecule has 41 heavy (non-hydrogen) atoms. The summed E-state index contributed by atoms with van der Waals surface area (Å²) in [4.78, 5) is 31.8. The van der Waals surface area contributed by atoms with Crippen molar-refractivity contribution >= 4 is 28.6 Å². The van der Waals surface area contributed by atoms with Crippen molar-refractivity contribution in [2.24, 2.45) is 17.8 Å². The molecule has 0 spiro atoms. The summed E-state index contributed by atoms with van der Waals surface area (Å²) >= 11 is 6.43. The number of rotatable bonds is 2. The molecule has 2 aliphatic carbocycles. The van der Waals surface area contributed by atoms with Crippen LogP contribution in [-0.2, 0) is 11.3 Å². The highest BCUT2D eigenvalue weighted by Crippen LogP contribution is 2.43. The van der Waals surface area contributed by atoms with Crippen LogP contribution in [0.25, 0.3) is 33.8 Å². The van der Waals surface area contributed by atoms with Crippen molar-refractivity contribution in [1.29, 1.82) is 0 Å². The first-order chi connectivity index (χ1) is 20.1. The van der Waals surface area contributed by atoms with Gasteiger partial charge in [0, 0.05) is 43.7 Å². The first-order valence-electron chi connectivity index (χ1n) is 15.1. The Morgan fingerprint density at radius 1 is 0.976 bits per heavy atom. The van der Waals surface area contributed by atoms with Crippen molar-refractivity contribution < 1.29 is 9.26 Å². The Bertz CT molecular complexity index is 1640. The normalized spacial score (nSPS) is 28.1. The third kappa shape index (κ3) is 4.65. The van der Waals surface area contributed by atoms with Gasteiger partial charge in [-0.2, -0.15) is 0 Å². The molecule has 10 nitrogen and oxygen atoms in total. The number of hydrogen-bond acceptors (Lipinski definition) is 8. The fraction of sp³-hybridized carbons (Fsp3) is 0.567. The number of H-pyrrole nitrogens is 1. The van der Waals surface area contributed by atoms with Gasteiger partial charge in [-0.1, -0.05) is 29.6 Å². The monoisotopic (exact) mass is 575 g/mol. The molecular weight excluding hydrogens is 542 g/mol. The van der Waals surface area contributed by atoms with Gasteiger partial charge in [0.05, 0.1) is 27.9 Å². The van der Waals surface area contributed by atoms with Gasteiger partial charge in [0.25, 0.3) is 0 Å². The molecule has 9 rings (SSSR count). The quantitative estimate of drug-likeness (QED) is 0.335. The van der Waals surface area contributed by atoms with E-state index in [1.807, 2.05) is 12.1 Å². The van der Waals surface area contributed by atoms with Gasteiger partial charge in [0.2, 0.25) is 11.8 Å². The van der Waals surface area contributed by atoms with Gasteiger partial charge >= 0.3 is 5.76 Å². The Hall–Kier alpha value is -3.24. The zero-order chi connectivity index (χ0) is 27.5. The number of fused-ring (bicyclic) bond motifs is 5. The third-order valence-corrected chi connectivity index (χ3v) is 10.0. The second-order valence-corrected chi connectivity index (χ2v) is 12.9. The van der Waals surface area contributed by atoms with Crippen LogP contribution < -0.4 is 10.7 Å². The Morgan fingerprint density at radius 2 is 1.83 bits per heavy atom. The molecule has 4 aromatic heterocycles. The highest BCUT2D eigenvalue weighted by atomic mass is 35.5. The van der Waals surface area contributed by atoms with Crippen LogP contribution in [0.2, 0.25) is 5.02 Å². The number of nitrogens with zero attached hydrogens (tertiary/aromatic N) is 6. The maximum atomic E-state index is 11.8. The number of nitrogens with one attached hydrogen (secondary N) is 1. The first kappa shape index (κ1) is 25.5. The van der Waals surface area contributed by atoms with Gasteiger partial charge in [-0.05, 0) is 74.8 Å². The van der Waals surface area contributed by atoms with Crippen molar-refractivity contribution in [3.05, 3.63) is 40.1 Å². The molecule has 1 N–H and O–H groups in total. The van der Waals surface area contributed by atoms with Gasteiger partial charge in [0.15, 0.2) is 0 Å². The van der Waals surface area contributed by atoms with E-state index in [0.29, 0.717) is 34.5 Å². The minimum Gasteiger partial charge on any atom is -0.376 e. The zero-order valence-corrected chi connectivity index (χ0v) is 23.7. The van der Waals surface area contributed by atoms with Crippen molar-refractivity contribution in [3.8, 4) is 22.8 Å². The van der Waals surface area contributed by atoms with Crippen molar-refractivity contribution in [1.82, 2.24) is 29.7 Å². The minimum absolute atomic E-state index is 0.213. The molecule has 4 bridgehead atoms. The topological polar surface area (TPSA) is 115 Å². The number of piperidine rings is 1. The van der Waals surface area contributed by atoms with E-state index in [2.05, 4.69) is 24.6 Å². The molecule has 2 saturated carbocycles. The summed E-state index contributed by atoms with van der Waals surface area (Å²) in [6.07, 6.45) is 14.5. The first-order valence-corrected chi connectivity index (χ1v) is 15.4. The maximum absolute atomic E-state index is 11.8. The lowest BCUT2D eigenvalue weighted by molar-refractivity contribution is -0.0135. The molecule has 7 heterocycles. The van der Waals surface area contributed by atoms with E-state index in [1.165, 1.54) is 51.4 Å². The van der Waals surface area contributed by atoms with Crippen molar-refractivity contribution in [2.45, 2.75) is 76.5 Å². The lowest BCUT2D eigenvalue weighted by Crippen LogP contribution is -2.54. The fourth-order valence-electron chi connectivity index (χ4n) is 7.84. The van der Waals surface area contributed by atoms with Crippen LogP contribution in [0.1, 0.15) is 57.8 Å². The number of ether oxygens (including phenoxy) is 1. The van der Waals surface area contributed by atoms with E-state index in [1.54, 1.807) is 12.4 Å². The Kier molecular flexibility index (Phi) is 6.36. The molecule has 3 fully saturated rings. The van der Waals surface area contributed by atoms with Gasteiger partial charge in [-0.3, -0.25) is 14.5 Å². The molecule has 3 unspecified atom stereocenters. The van der Waals surface area contributed by atoms with Crippen LogP contribution in [0.15, 0.2) is 33.8 Å². The maximum Gasteiger partial charge on any atom is 0.439 e. The van der Waals surface area contributed by atoms with Gasteiger partial charge in [0.1, 0.15) is 5.69 Å².